The molecule has 0 spiro atoms. The summed E-state index contributed by atoms with van der Waals surface area (Å²) in [6, 6.07) is 9.95. The molecule has 0 saturated heterocycles. The van der Waals surface area contributed by atoms with Crippen molar-refractivity contribution in [3.8, 4) is 0 Å². The fourth-order valence-corrected chi connectivity index (χ4v) is 3.53. The Morgan fingerprint density at radius 2 is 2.16 bits per heavy atom. The van der Waals surface area contributed by atoms with E-state index < -0.39 is 5.97 Å². The van der Waals surface area contributed by atoms with Gasteiger partial charge < -0.3 is 5.11 Å². The maximum Gasteiger partial charge on any atom is 0.355 e. The second kappa shape index (κ2) is 5.07. The molecule has 19 heavy (non-hydrogen) atoms. The molecule has 4 nitrogen and oxygen atoms in total. The van der Waals surface area contributed by atoms with E-state index in [0.717, 1.165) is 5.56 Å². The molecule has 0 atom stereocenters. The number of thioether (sulfide) groups is 1. The molecule has 0 aliphatic heterocycles. The summed E-state index contributed by atoms with van der Waals surface area (Å²) >= 11 is 2.89. The summed E-state index contributed by atoms with van der Waals surface area (Å²) in [5.41, 5.74) is 1.40. The predicted octanol–water partition coefficient (Wildman–Crippen LogP) is 3.39. The molecule has 2 heterocycles. The minimum Gasteiger partial charge on any atom is -0.476 e. The van der Waals surface area contributed by atoms with Crippen LogP contribution in [0.2, 0.25) is 0 Å². The first-order valence-corrected chi connectivity index (χ1v) is 7.48. The summed E-state index contributed by atoms with van der Waals surface area (Å²) in [5.74, 6) is -0.229. The van der Waals surface area contributed by atoms with Crippen LogP contribution < -0.4 is 0 Å². The number of carboxylic acids is 1. The smallest absolute Gasteiger partial charge is 0.355 e. The van der Waals surface area contributed by atoms with E-state index in [1.807, 2.05) is 35.7 Å². The molecule has 0 saturated carbocycles. The Bertz CT molecular complexity index is 719. The van der Waals surface area contributed by atoms with Crippen LogP contribution in [0.3, 0.4) is 0 Å². The summed E-state index contributed by atoms with van der Waals surface area (Å²) in [7, 11) is 0. The van der Waals surface area contributed by atoms with Gasteiger partial charge in [0.05, 0.1) is 0 Å². The highest BCUT2D eigenvalue weighted by Gasteiger charge is 2.19. The fraction of sp³-hybridized carbons (Fsp3) is 0.0769. The third-order valence-corrected chi connectivity index (χ3v) is 4.44. The monoisotopic (exact) mass is 290 g/mol. The van der Waals surface area contributed by atoms with Gasteiger partial charge >= 0.3 is 5.97 Å². The Hall–Kier alpha value is -1.79. The quantitative estimate of drug-likeness (QED) is 0.748. The van der Waals surface area contributed by atoms with Gasteiger partial charge in [0.2, 0.25) is 0 Å². The summed E-state index contributed by atoms with van der Waals surface area (Å²) in [6.45, 7) is 0. The van der Waals surface area contributed by atoms with Gasteiger partial charge in [0, 0.05) is 17.3 Å². The van der Waals surface area contributed by atoms with E-state index in [0.29, 0.717) is 15.7 Å². The maximum atomic E-state index is 11.3. The van der Waals surface area contributed by atoms with Crippen LogP contribution in [0, 0.1) is 0 Å². The number of nitrogens with zero attached hydrogens (tertiary/aromatic N) is 2. The molecule has 1 aromatic carbocycles. The van der Waals surface area contributed by atoms with Crippen LogP contribution in [0.5, 0.6) is 0 Å². The van der Waals surface area contributed by atoms with E-state index in [1.54, 1.807) is 10.6 Å². The topological polar surface area (TPSA) is 54.6 Å². The van der Waals surface area contributed by atoms with E-state index in [-0.39, 0.29) is 5.69 Å². The molecule has 1 N–H and O–H groups in total. The van der Waals surface area contributed by atoms with Crippen LogP contribution in [-0.2, 0) is 5.75 Å². The van der Waals surface area contributed by atoms with E-state index in [4.69, 9.17) is 0 Å². The van der Waals surface area contributed by atoms with E-state index in [9.17, 15) is 9.90 Å². The Morgan fingerprint density at radius 3 is 2.89 bits per heavy atom. The van der Waals surface area contributed by atoms with Crippen molar-refractivity contribution in [2.45, 2.75) is 10.8 Å². The molecular weight excluding hydrogens is 280 g/mol. The van der Waals surface area contributed by atoms with Crippen molar-refractivity contribution >= 4 is 34.0 Å². The first kappa shape index (κ1) is 12.3. The minimum absolute atomic E-state index is 0.247. The number of imidazole rings is 1. The van der Waals surface area contributed by atoms with Gasteiger partial charge in [-0.15, -0.1) is 11.3 Å². The Balaban J connectivity index is 1.90. The molecule has 3 aromatic rings. The van der Waals surface area contributed by atoms with Crippen molar-refractivity contribution in [1.82, 2.24) is 9.38 Å². The molecule has 0 aliphatic carbocycles. The fourth-order valence-electron chi connectivity index (χ4n) is 1.79. The van der Waals surface area contributed by atoms with Gasteiger partial charge in [-0.25, -0.2) is 9.78 Å². The predicted molar refractivity (Wildman–Crippen MR) is 76.0 cm³/mol. The molecule has 6 heteroatoms. The van der Waals surface area contributed by atoms with Gasteiger partial charge in [-0.1, -0.05) is 42.1 Å². The average molecular weight is 290 g/mol. The van der Waals surface area contributed by atoms with Crippen molar-refractivity contribution in [2.24, 2.45) is 0 Å². The zero-order valence-electron chi connectivity index (χ0n) is 9.81. The number of hydrogen-bond donors (Lipinski definition) is 1. The first-order valence-electron chi connectivity index (χ1n) is 5.61. The lowest BCUT2D eigenvalue weighted by atomic mass is 10.2. The molecular formula is C13H10N2O2S2. The van der Waals surface area contributed by atoms with Gasteiger partial charge in [-0.2, -0.15) is 0 Å². The first-order chi connectivity index (χ1) is 9.25. The number of rotatable bonds is 4. The standard InChI is InChI=1S/C13H10N2O2S2/c16-12(17)10-11(14-13-15(10)6-7-18-13)19-8-9-4-2-1-3-5-9/h1-7H,8H2,(H,16,17). The lowest BCUT2D eigenvalue weighted by molar-refractivity contribution is 0.0685. The van der Waals surface area contributed by atoms with Gasteiger partial charge in [0.15, 0.2) is 10.7 Å². The van der Waals surface area contributed by atoms with E-state index >= 15 is 0 Å². The minimum atomic E-state index is -0.943. The highest BCUT2D eigenvalue weighted by Crippen LogP contribution is 2.28. The van der Waals surface area contributed by atoms with Gasteiger partial charge in [-0.3, -0.25) is 4.40 Å². The average Bonchev–Trinajstić information content (AvgIpc) is 2.96. The zero-order chi connectivity index (χ0) is 13.2. The molecule has 0 amide bonds. The number of carboxylic acid groups (broad SMARTS) is 1. The van der Waals surface area contributed by atoms with Crippen molar-refractivity contribution < 1.29 is 9.90 Å². The number of aromatic carboxylic acids is 1. The third-order valence-electron chi connectivity index (χ3n) is 2.65. The molecule has 0 unspecified atom stereocenters. The number of fused-ring (bicyclic) bond motifs is 1. The zero-order valence-corrected chi connectivity index (χ0v) is 11.4. The lowest BCUT2D eigenvalue weighted by Gasteiger charge is -2.00. The van der Waals surface area contributed by atoms with Crippen molar-refractivity contribution in [3.05, 3.63) is 53.2 Å². The molecule has 0 bridgehead atoms. The van der Waals surface area contributed by atoms with Crippen molar-refractivity contribution in [1.29, 1.82) is 0 Å². The summed E-state index contributed by atoms with van der Waals surface area (Å²) in [5, 5.41) is 11.7. The number of hydrogen-bond acceptors (Lipinski definition) is 4. The summed E-state index contributed by atoms with van der Waals surface area (Å²) < 4.78 is 1.63. The van der Waals surface area contributed by atoms with Crippen LogP contribution in [0.25, 0.3) is 4.96 Å². The molecule has 0 fully saturated rings. The summed E-state index contributed by atoms with van der Waals surface area (Å²) in [4.78, 5) is 16.4. The third kappa shape index (κ3) is 2.36. The molecule has 3 rings (SSSR count). The second-order valence-corrected chi connectivity index (χ2v) is 5.74. The second-order valence-electron chi connectivity index (χ2n) is 3.90. The molecule has 2 aromatic heterocycles. The van der Waals surface area contributed by atoms with E-state index in [2.05, 4.69) is 4.98 Å². The van der Waals surface area contributed by atoms with Crippen LogP contribution in [0.1, 0.15) is 16.1 Å². The highest BCUT2D eigenvalue weighted by atomic mass is 32.2. The molecule has 96 valence electrons. The Morgan fingerprint density at radius 1 is 1.37 bits per heavy atom. The normalized spacial score (nSPS) is 10.9. The molecule has 0 aliphatic rings. The number of benzene rings is 1. The number of aromatic nitrogens is 2. The van der Waals surface area contributed by atoms with Crippen molar-refractivity contribution in [2.75, 3.05) is 0 Å². The molecule has 0 radical (unpaired) electrons. The largest absolute Gasteiger partial charge is 0.476 e. The highest BCUT2D eigenvalue weighted by molar-refractivity contribution is 7.98. The van der Waals surface area contributed by atoms with E-state index in [1.165, 1.54) is 23.1 Å². The Labute approximate surface area is 117 Å². The number of carbonyl (C=O) groups is 1. The van der Waals surface area contributed by atoms with Gasteiger partial charge in [0.25, 0.3) is 0 Å². The van der Waals surface area contributed by atoms with Crippen LogP contribution >= 0.6 is 23.1 Å². The van der Waals surface area contributed by atoms with Crippen LogP contribution in [0.4, 0.5) is 0 Å². The number of thiazole rings is 1. The Kier molecular flexibility index (Phi) is 3.27. The maximum absolute atomic E-state index is 11.3. The van der Waals surface area contributed by atoms with Gasteiger partial charge in [-0.05, 0) is 5.56 Å². The van der Waals surface area contributed by atoms with Crippen molar-refractivity contribution in [3.63, 3.8) is 0 Å². The van der Waals surface area contributed by atoms with Crippen LogP contribution in [0.15, 0.2) is 46.9 Å². The lowest BCUT2D eigenvalue weighted by Crippen LogP contribution is -2.02. The SMILES string of the molecule is O=C(O)c1c(SCc2ccccc2)nc2sccn12. The van der Waals surface area contributed by atoms with Gasteiger partial charge in [0.1, 0.15) is 5.03 Å². The van der Waals surface area contributed by atoms with Crippen LogP contribution in [-0.4, -0.2) is 20.5 Å². The summed E-state index contributed by atoms with van der Waals surface area (Å²) in [6.07, 6.45) is 1.74.